The highest BCUT2D eigenvalue weighted by molar-refractivity contribution is 9.10. The van der Waals surface area contributed by atoms with E-state index in [9.17, 15) is 9.59 Å². The number of halogens is 1. The average molecular weight is 349 g/mol. The summed E-state index contributed by atoms with van der Waals surface area (Å²) in [5, 5.41) is 13.6. The van der Waals surface area contributed by atoms with Gasteiger partial charge in [0.15, 0.2) is 0 Å². The summed E-state index contributed by atoms with van der Waals surface area (Å²) >= 11 is 4.91. The molecule has 0 spiro atoms. The van der Waals surface area contributed by atoms with Gasteiger partial charge in [0.2, 0.25) is 0 Å². The molecule has 0 saturated heterocycles. The molecule has 1 aromatic heterocycles. The number of carboxylic acids is 1. The second-order valence-corrected chi connectivity index (χ2v) is 6.08. The molecule has 0 saturated carbocycles. The van der Waals surface area contributed by atoms with E-state index in [0.717, 1.165) is 9.35 Å². The summed E-state index contributed by atoms with van der Waals surface area (Å²) in [6.45, 7) is 4.57. The third-order valence-corrected chi connectivity index (χ3v) is 4.32. The standard InChI is InChI=1S/C12H17BrN2O3S/c1-3-15(6-8(2)11(16)17)12(18)14-5-10-4-9(13)7-19-10/h4,7-8H,3,5-6H2,1-2H3,(H,14,18)(H,16,17). The van der Waals surface area contributed by atoms with Gasteiger partial charge in [-0.15, -0.1) is 11.3 Å². The first-order valence-electron chi connectivity index (χ1n) is 5.92. The molecule has 19 heavy (non-hydrogen) atoms. The zero-order valence-corrected chi connectivity index (χ0v) is 13.3. The maximum Gasteiger partial charge on any atom is 0.317 e. The number of nitrogens with zero attached hydrogens (tertiary/aromatic N) is 1. The van der Waals surface area contributed by atoms with Crippen LogP contribution in [0.4, 0.5) is 4.79 Å². The van der Waals surface area contributed by atoms with Crippen molar-refractivity contribution in [3.63, 3.8) is 0 Å². The van der Waals surface area contributed by atoms with Crippen LogP contribution >= 0.6 is 27.3 Å². The number of hydrogen-bond acceptors (Lipinski definition) is 3. The molecule has 0 bridgehead atoms. The monoisotopic (exact) mass is 348 g/mol. The molecule has 0 radical (unpaired) electrons. The number of carboxylic acid groups (broad SMARTS) is 1. The number of urea groups is 1. The number of hydrogen-bond donors (Lipinski definition) is 2. The molecule has 1 atom stereocenters. The second kappa shape index (κ2) is 7.49. The summed E-state index contributed by atoms with van der Waals surface area (Å²) in [5.41, 5.74) is 0. The topological polar surface area (TPSA) is 69.6 Å². The van der Waals surface area contributed by atoms with Gasteiger partial charge in [0.05, 0.1) is 12.5 Å². The van der Waals surface area contributed by atoms with Crippen molar-refractivity contribution in [2.24, 2.45) is 5.92 Å². The Bertz CT molecular complexity index is 450. The van der Waals surface area contributed by atoms with Gasteiger partial charge in [0.25, 0.3) is 0 Å². The molecule has 1 aromatic rings. The number of carbonyl (C=O) groups excluding carboxylic acids is 1. The Balaban J connectivity index is 2.47. The van der Waals surface area contributed by atoms with Crippen LogP contribution in [-0.2, 0) is 11.3 Å². The largest absolute Gasteiger partial charge is 0.481 e. The third-order valence-electron chi connectivity index (χ3n) is 2.62. The van der Waals surface area contributed by atoms with Crippen molar-refractivity contribution in [2.45, 2.75) is 20.4 Å². The number of rotatable bonds is 6. The van der Waals surface area contributed by atoms with E-state index in [1.54, 1.807) is 18.3 Å². The summed E-state index contributed by atoms with van der Waals surface area (Å²) in [5.74, 6) is -1.46. The fourth-order valence-corrected chi connectivity index (χ4v) is 2.88. The molecule has 0 aromatic carbocycles. The van der Waals surface area contributed by atoms with E-state index < -0.39 is 11.9 Å². The van der Waals surface area contributed by atoms with Crippen molar-refractivity contribution >= 4 is 39.3 Å². The molecular weight excluding hydrogens is 332 g/mol. The first kappa shape index (κ1) is 16.0. The van der Waals surface area contributed by atoms with E-state index in [4.69, 9.17) is 5.11 Å². The van der Waals surface area contributed by atoms with Crippen LogP contribution in [0.3, 0.4) is 0 Å². The first-order chi connectivity index (χ1) is 8.93. The third kappa shape index (κ3) is 5.20. The van der Waals surface area contributed by atoms with Crippen molar-refractivity contribution in [2.75, 3.05) is 13.1 Å². The molecule has 0 aliphatic heterocycles. The summed E-state index contributed by atoms with van der Waals surface area (Å²) in [7, 11) is 0. The van der Waals surface area contributed by atoms with Gasteiger partial charge in [-0.25, -0.2) is 4.79 Å². The highest BCUT2D eigenvalue weighted by atomic mass is 79.9. The van der Waals surface area contributed by atoms with Gasteiger partial charge >= 0.3 is 12.0 Å². The minimum atomic E-state index is -0.895. The molecule has 2 N–H and O–H groups in total. The molecule has 1 unspecified atom stereocenters. The van der Waals surface area contributed by atoms with Gasteiger partial charge in [-0.3, -0.25) is 4.79 Å². The van der Waals surface area contributed by atoms with Crippen LogP contribution in [0.5, 0.6) is 0 Å². The minimum absolute atomic E-state index is 0.214. The predicted octanol–water partition coefficient (Wildman–Crippen LogP) is 2.76. The molecule has 0 aliphatic carbocycles. The van der Waals surface area contributed by atoms with Gasteiger partial charge in [0, 0.05) is 27.8 Å². The number of thiophene rings is 1. The molecule has 1 rings (SSSR count). The maximum atomic E-state index is 11.9. The van der Waals surface area contributed by atoms with E-state index in [-0.39, 0.29) is 12.6 Å². The summed E-state index contributed by atoms with van der Waals surface area (Å²) in [6, 6.07) is 1.71. The lowest BCUT2D eigenvalue weighted by molar-refractivity contribution is -0.141. The lowest BCUT2D eigenvalue weighted by Crippen LogP contribution is -2.42. The quantitative estimate of drug-likeness (QED) is 0.830. The molecule has 1 heterocycles. The Morgan fingerprint density at radius 1 is 1.58 bits per heavy atom. The average Bonchev–Trinajstić information content (AvgIpc) is 2.78. The van der Waals surface area contributed by atoms with E-state index in [1.807, 2.05) is 18.4 Å². The normalized spacial score (nSPS) is 11.9. The number of carbonyl (C=O) groups is 2. The Morgan fingerprint density at radius 2 is 2.26 bits per heavy atom. The van der Waals surface area contributed by atoms with E-state index in [0.29, 0.717) is 13.1 Å². The van der Waals surface area contributed by atoms with Crippen LogP contribution in [0, 0.1) is 5.92 Å². The van der Waals surface area contributed by atoms with Gasteiger partial charge in [0.1, 0.15) is 0 Å². The SMILES string of the molecule is CCN(CC(C)C(=O)O)C(=O)NCc1cc(Br)cs1. The zero-order chi connectivity index (χ0) is 14.4. The maximum absolute atomic E-state index is 11.9. The predicted molar refractivity (Wildman–Crippen MR) is 78.3 cm³/mol. The molecule has 106 valence electrons. The minimum Gasteiger partial charge on any atom is -0.481 e. The van der Waals surface area contributed by atoms with Crippen molar-refractivity contribution in [1.29, 1.82) is 0 Å². The Labute approximate surface area is 124 Å². The van der Waals surface area contributed by atoms with Crippen LogP contribution in [0.25, 0.3) is 0 Å². The molecule has 2 amide bonds. The van der Waals surface area contributed by atoms with E-state index in [1.165, 1.54) is 4.90 Å². The van der Waals surface area contributed by atoms with Gasteiger partial charge in [-0.2, -0.15) is 0 Å². The fourth-order valence-electron chi connectivity index (χ4n) is 1.49. The van der Waals surface area contributed by atoms with Gasteiger partial charge in [-0.1, -0.05) is 6.92 Å². The number of nitrogens with one attached hydrogen (secondary N) is 1. The fraction of sp³-hybridized carbons (Fsp3) is 0.500. The Morgan fingerprint density at radius 3 is 2.74 bits per heavy atom. The van der Waals surface area contributed by atoms with Crippen LogP contribution < -0.4 is 5.32 Å². The van der Waals surface area contributed by atoms with Crippen LogP contribution in [0.2, 0.25) is 0 Å². The lowest BCUT2D eigenvalue weighted by Gasteiger charge is -2.23. The van der Waals surface area contributed by atoms with Crippen molar-refractivity contribution in [1.82, 2.24) is 10.2 Å². The number of aliphatic carboxylic acids is 1. The zero-order valence-electron chi connectivity index (χ0n) is 10.9. The summed E-state index contributed by atoms with van der Waals surface area (Å²) in [4.78, 5) is 25.3. The summed E-state index contributed by atoms with van der Waals surface area (Å²) < 4.78 is 0.994. The Hall–Kier alpha value is -1.08. The lowest BCUT2D eigenvalue weighted by atomic mass is 10.2. The highest BCUT2D eigenvalue weighted by Crippen LogP contribution is 2.19. The van der Waals surface area contributed by atoms with E-state index >= 15 is 0 Å². The van der Waals surface area contributed by atoms with Crippen molar-refractivity contribution in [3.05, 3.63) is 20.8 Å². The summed E-state index contributed by atoms with van der Waals surface area (Å²) in [6.07, 6.45) is 0. The van der Waals surface area contributed by atoms with E-state index in [2.05, 4.69) is 21.2 Å². The van der Waals surface area contributed by atoms with Crippen molar-refractivity contribution < 1.29 is 14.7 Å². The van der Waals surface area contributed by atoms with Crippen LogP contribution in [-0.4, -0.2) is 35.1 Å². The van der Waals surface area contributed by atoms with Crippen molar-refractivity contribution in [3.8, 4) is 0 Å². The molecule has 0 fully saturated rings. The van der Waals surface area contributed by atoms with Gasteiger partial charge in [-0.05, 0) is 28.9 Å². The molecule has 7 heteroatoms. The second-order valence-electron chi connectivity index (χ2n) is 4.17. The Kier molecular flexibility index (Phi) is 6.30. The highest BCUT2D eigenvalue weighted by Gasteiger charge is 2.19. The van der Waals surface area contributed by atoms with Crippen LogP contribution in [0.1, 0.15) is 18.7 Å². The smallest absolute Gasteiger partial charge is 0.317 e. The molecular formula is C12H17BrN2O3S. The first-order valence-corrected chi connectivity index (χ1v) is 7.59. The van der Waals surface area contributed by atoms with Gasteiger partial charge < -0.3 is 15.3 Å². The number of amides is 2. The molecule has 5 nitrogen and oxygen atoms in total. The molecule has 0 aliphatic rings. The van der Waals surface area contributed by atoms with Crippen LogP contribution in [0.15, 0.2) is 15.9 Å².